The lowest BCUT2D eigenvalue weighted by Crippen LogP contribution is -2.37. The van der Waals surface area contributed by atoms with Crippen LogP contribution in [0.2, 0.25) is 0 Å². The molecule has 0 radical (unpaired) electrons. The molecule has 0 N–H and O–H groups in total. The summed E-state index contributed by atoms with van der Waals surface area (Å²) in [6.45, 7) is 2.01. The van der Waals surface area contributed by atoms with E-state index in [0.29, 0.717) is 18.7 Å². The van der Waals surface area contributed by atoms with E-state index in [-0.39, 0.29) is 18.1 Å². The number of amides is 1. The zero-order chi connectivity index (χ0) is 16.7. The van der Waals surface area contributed by atoms with Gasteiger partial charge in [0.05, 0.1) is 6.42 Å². The van der Waals surface area contributed by atoms with Gasteiger partial charge in [-0.1, -0.05) is 42.5 Å². The van der Waals surface area contributed by atoms with E-state index in [4.69, 9.17) is 0 Å². The lowest BCUT2D eigenvalue weighted by atomic mass is 10.1. The molecule has 0 aromatic heterocycles. The Morgan fingerprint density at radius 3 is 2.30 bits per heavy atom. The van der Waals surface area contributed by atoms with E-state index >= 15 is 0 Å². The van der Waals surface area contributed by atoms with Crippen LogP contribution in [0.4, 0.5) is 4.39 Å². The monoisotopic (exact) mass is 314 g/mol. The average Bonchev–Trinajstić information content (AvgIpc) is 2.52. The van der Waals surface area contributed by atoms with Gasteiger partial charge in [-0.2, -0.15) is 0 Å². The first-order valence-electron chi connectivity index (χ1n) is 7.75. The minimum atomic E-state index is -0.307. The third kappa shape index (κ3) is 5.83. The molecule has 0 bridgehead atoms. The summed E-state index contributed by atoms with van der Waals surface area (Å²) in [6, 6.07) is 16.2. The number of halogens is 1. The summed E-state index contributed by atoms with van der Waals surface area (Å²) in [5.41, 5.74) is 1.80. The highest BCUT2D eigenvalue weighted by Gasteiger charge is 2.15. The maximum atomic E-state index is 13.3. The van der Waals surface area contributed by atoms with Crippen LogP contribution in [0.25, 0.3) is 0 Å². The molecule has 0 aliphatic carbocycles. The number of likely N-dealkylation sites (N-methyl/N-ethyl adjacent to an activating group) is 1. The van der Waals surface area contributed by atoms with E-state index in [1.807, 2.05) is 54.2 Å². The summed E-state index contributed by atoms with van der Waals surface area (Å²) in [6.07, 6.45) is 0.220. The molecule has 3 nitrogen and oxygen atoms in total. The second-order valence-corrected chi connectivity index (χ2v) is 5.91. The molecule has 1 amide bonds. The fourth-order valence-corrected chi connectivity index (χ4v) is 2.35. The first kappa shape index (κ1) is 17.2. The molecule has 0 fully saturated rings. The van der Waals surface area contributed by atoms with Gasteiger partial charge in [-0.3, -0.25) is 4.79 Å². The molecule has 0 saturated carbocycles. The summed E-state index contributed by atoms with van der Waals surface area (Å²) < 4.78 is 13.3. The van der Waals surface area contributed by atoms with Crippen molar-refractivity contribution in [1.82, 2.24) is 9.80 Å². The molecule has 0 atom stereocenters. The minimum Gasteiger partial charge on any atom is -0.337 e. The maximum absolute atomic E-state index is 13.3. The van der Waals surface area contributed by atoms with Crippen molar-refractivity contribution in [3.05, 3.63) is 71.5 Å². The molecular weight excluding hydrogens is 291 g/mol. The van der Waals surface area contributed by atoms with Crippen LogP contribution in [0.1, 0.15) is 11.1 Å². The molecule has 0 unspecified atom stereocenters. The number of hydrogen-bond donors (Lipinski definition) is 0. The third-order valence-electron chi connectivity index (χ3n) is 3.63. The van der Waals surface area contributed by atoms with Crippen LogP contribution < -0.4 is 0 Å². The Kier molecular flexibility index (Phi) is 6.29. The van der Waals surface area contributed by atoms with Crippen molar-refractivity contribution in [2.24, 2.45) is 0 Å². The predicted molar refractivity (Wildman–Crippen MR) is 90.5 cm³/mol. The maximum Gasteiger partial charge on any atom is 0.227 e. The molecule has 0 aliphatic rings. The van der Waals surface area contributed by atoms with Crippen molar-refractivity contribution in [2.75, 3.05) is 27.2 Å². The zero-order valence-electron chi connectivity index (χ0n) is 13.7. The van der Waals surface area contributed by atoms with Crippen molar-refractivity contribution >= 4 is 5.91 Å². The molecule has 0 saturated heterocycles. The minimum absolute atomic E-state index is 0.0151. The van der Waals surface area contributed by atoms with Crippen LogP contribution in [0, 0.1) is 5.82 Å². The summed E-state index contributed by atoms with van der Waals surface area (Å²) in [7, 11) is 3.97. The van der Waals surface area contributed by atoms with Gasteiger partial charge in [0.1, 0.15) is 5.82 Å². The Balaban J connectivity index is 2.07. The largest absolute Gasteiger partial charge is 0.337 e. The Labute approximate surface area is 137 Å². The third-order valence-corrected chi connectivity index (χ3v) is 3.63. The van der Waals surface area contributed by atoms with E-state index < -0.39 is 0 Å². The zero-order valence-corrected chi connectivity index (χ0v) is 13.7. The molecule has 2 aromatic carbocycles. The summed E-state index contributed by atoms with van der Waals surface area (Å²) in [4.78, 5) is 16.5. The fraction of sp³-hybridized carbons (Fsp3) is 0.316. The van der Waals surface area contributed by atoms with Crippen LogP contribution in [0.15, 0.2) is 54.6 Å². The van der Waals surface area contributed by atoms with Gasteiger partial charge in [0.2, 0.25) is 5.91 Å². The second kappa shape index (κ2) is 8.44. The molecule has 2 aromatic rings. The lowest BCUT2D eigenvalue weighted by Gasteiger charge is -2.25. The highest BCUT2D eigenvalue weighted by Crippen LogP contribution is 2.10. The number of carbonyl (C=O) groups excluding carboxylic acids is 1. The number of carbonyl (C=O) groups is 1. The Morgan fingerprint density at radius 1 is 0.957 bits per heavy atom. The molecule has 0 spiro atoms. The van der Waals surface area contributed by atoms with Gasteiger partial charge in [-0.25, -0.2) is 4.39 Å². The summed E-state index contributed by atoms with van der Waals surface area (Å²) >= 11 is 0. The lowest BCUT2D eigenvalue weighted by molar-refractivity contribution is -0.131. The van der Waals surface area contributed by atoms with Crippen LogP contribution >= 0.6 is 0 Å². The molecule has 0 aliphatic heterocycles. The molecule has 4 heteroatoms. The number of nitrogens with zero attached hydrogens (tertiary/aromatic N) is 2. The Morgan fingerprint density at radius 2 is 1.65 bits per heavy atom. The molecule has 122 valence electrons. The first-order chi connectivity index (χ1) is 11.0. The van der Waals surface area contributed by atoms with Gasteiger partial charge in [0, 0.05) is 19.6 Å². The average molecular weight is 314 g/mol. The standard InChI is InChI=1S/C19H23FN2O/c1-21(2)11-12-22(15-16-7-4-3-5-8-16)19(23)14-17-9-6-10-18(20)13-17/h3-10,13H,11-12,14-15H2,1-2H3. The van der Waals surface area contributed by atoms with Gasteiger partial charge >= 0.3 is 0 Å². The molecule has 2 rings (SSSR count). The van der Waals surface area contributed by atoms with Crippen molar-refractivity contribution in [1.29, 1.82) is 0 Å². The second-order valence-electron chi connectivity index (χ2n) is 5.91. The van der Waals surface area contributed by atoms with E-state index in [0.717, 1.165) is 12.1 Å². The van der Waals surface area contributed by atoms with Gasteiger partial charge in [0.25, 0.3) is 0 Å². The number of hydrogen-bond acceptors (Lipinski definition) is 2. The van der Waals surface area contributed by atoms with Crippen molar-refractivity contribution in [3.63, 3.8) is 0 Å². The normalized spacial score (nSPS) is 10.8. The Hall–Kier alpha value is -2.20. The van der Waals surface area contributed by atoms with Crippen molar-refractivity contribution in [2.45, 2.75) is 13.0 Å². The predicted octanol–water partition coefficient (Wildman–Crippen LogP) is 2.96. The van der Waals surface area contributed by atoms with Crippen LogP contribution in [0.5, 0.6) is 0 Å². The van der Waals surface area contributed by atoms with E-state index in [9.17, 15) is 9.18 Å². The number of rotatable bonds is 7. The quantitative estimate of drug-likeness (QED) is 0.784. The van der Waals surface area contributed by atoms with Crippen LogP contribution in [-0.2, 0) is 17.8 Å². The van der Waals surface area contributed by atoms with Crippen LogP contribution in [0.3, 0.4) is 0 Å². The number of benzene rings is 2. The van der Waals surface area contributed by atoms with E-state index in [1.165, 1.54) is 12.1 Å². The summed E-state index contributed by atoms with van der Waals surface area (Å²) in [5.74, 6) is -0.292. The highest BCUT2D eigenvalue weighted by atomic mass is 19.1. The van der Waals surface area contributed by atoms with Gasteiger partial charge < -0.3 is 9.80 Å². The van der Waals surface area contributed by atoms with E-state index in [1.54, 1.807) is 12.1 Å². The van der Waals surface area contributed by atoms with E-state index in [2.05, 4.69) is 0 Å². The van der Waals surface area contributed by atoms with Gasteiger partial charge in [-0.15, -0.1) is 0 Å². The summed E-state index contributed by atoms with van der Waals surface area (Å²) in [5, 5.41) is 0. The van der Waals surface area contributed by atoms with Crippen molar-refractivity contribution < 1.29 is 9.18 Å². The highest BCUT2D eigenvalue weighted by molar-refractivity contribution is 5.78. The fourth-order valence-electron chi connectivity index (χ4n) is 2.35. The Bertz CT molecular complexity index is 628. The smallest absolute Gasteiger partial charge is 0.227 e. The van der Waals surface area contributed by atoms with Gasteiger partial charge in [-0.05, 0) is 37.4 Å². The first-order valence-corrected chi connectivity index (χ1v) is 7.75. The van der Waals surface area contributed by atoms with Crippen molar-refractivity contribution in [3.8, 4) is 0 Å². The molecule has 23 heavy (non-hydrogen) atoms. The SMILES string of the molecule is CN(C)CCN(Cc1ccccc1)C(=O)Cc1cccc(F)c1. The molecular formula is C19H23FN2O. The molecule has 0 heterocycles. The topological polar surface area (TPSA) is 23.6 Å². The van der Waals surface area contributed by atoms with Gasteiger partial charge in [0.15, 0.2) is 0 Å². The van der Waals surface area contributed by atoms with Crippen LogP contribution in [-0.4, -0.2) is 42.9 Å².